The molecule has 0 aromatic carbocycles. The predicted octanol–water partition coefficient (Wildman–Crippen LogP) is -0.00200. The Morgan fingerprint density at radius 1 is 1.35 bits per heavy atom. The van der Waals surface area contributed by atoms with Crippen LogP contribution in [0.3, 0.4) is 0 Å². The van der Waals surface area contributed by atoms with Gasteiger partial charge in [0.2, 0.25) is 10.0 Å². The Labute approximate surface area is 105 Å². The third-order valence-electron chi connectivity index (χ3n) is 3.86. The van der Waals surface area contributed by atoms with Crippen molar-refractivity contribution in [1.29, 1.82) is 0 Å². The molecule has 1 rings (SSSR count). The summed E-state index contributed by atoms with van der Waals surface area (Å²) in [4.78, 5) is 2.14. The van der Waals surface area contributed by atoms with E-state index in [1.54, 1.807) is 14.0 Å². The third-order valence-corrected chi connectivity index (χ3v) is 5.63. The van der Waals surface area contributed by atoms with Crippen LogP contribution in [0.15, 0.2) is 0 Å². The molecule has 0 radical (unpaired) electrons. The largest absolute Gasteiger partial charge is 0.318 e. The highest BCUT2D eigenvalue weighted by Crippen LogP contribution is 2.35. The molecular formula is C11H25N3O2S. The van der Waals surface area contributed by atoms with Gasteiger partial charge in [0.1, 0.15) is 0 Å². The van der Waals surface area contributed by atoms with Crippen LogP contribution in [0.1, 0.15) is 26.2 Å². The maximum Gasteiger partial charge on any atom is 0.215 e. The first-order valence-corrected chi connectivity index (χ1v) is 7.69. The third kappa shape index (κ3) is 3.40. The Hall–Kier alpha value is -0.170. The Bertz CT molecular complexity index is 337. The first-order valence-electron chi connectivity index (χ1n) is 6.14. The van der Waals surface area contributed by atoms with Gasteiger partial charge in [-0.2, -0.15) is 0 Å². The molecule has 0 saturated heterocycles. The maximum absolute atomic E-state index is 12.0. The van der Waals surface area contributed by atoms with Crippen molar-refractivity contribution in [1.82, 2.24) is 14.9 Å². The molecule has 1 saturated carbocycles. The minimum Gasteiger partial charge on any atom is -0.318 e. The molecule has 102 valence electrons. The van der Waals surface area contributed by atoms with Gasteiger partial charge in [-0.05, 0) is 47.3 Å². The standard InChI is InChI=1S/C11H25N3O2S/c1-10(8-12-2)17(15,16)13-9-11(14(3)4)6-5-7-11/h10,12-13H,5-9H2,1-4H3. The van der Waals surface area contributed by atoms with Gasteiger partial charge in [-0.3, -0.25) is 0 Å². The van der Waals surface area contributed by atoms with Gasteiger partial charge in [-0.1, -0.05) is 0 Å². The van der Waals surface area contributed by atoms with E-state index < -0.39 is 15.3 Å². The highest BCUT2D eigenvalue weighted by molar-refractivity contribution is 7.90. The summed E-state index contributed by atoms with van der Waals surface area (Å²) >= 11 is 0. The smallest absolute Gasteiger partial charge is 0.215 e. The van der Waals surface area contributed by atoms with Gasteiger partial charge < -0.3 is 10.2 Å². The molecule has 1 aliphatic rings. The normalized spacial score (nSPS) is 21.2. The molecule has 0 bridgehead atoms. The van der Waals surface area contributed by atoms with Gasteiger partial charge in [0.05, 0.1) is 5.25 Å². The summed E-state index contributed by atoms with van der Waals surface area (Å²) in [7, 11) is 2.60. The zero-order valence-corrected chi connectivity index (χ0v) is 12.1. The van der Waals surface area contributed by atoms with E-state index in [0.29, 0.717) is 13.1 Å². The minimum atomic E-state index is -3.20. The Balaban J connectivity index is 2.55. The quantitative estimate of drug-likeness (QED) is 0.679. The van der Waals surface area contributed by atoms with Crippen LogP contribution in [0.2, 0.25) is 0 Å². The predicted molar refractivity (Wildman–Crippen MR) is 70.6 cm³/mol. The number of rotatable bonds is 7. The van der Waals surface area contributed by atoms with Crippen molar-refractivity contribution in [3.63, 3.8) is 0 Å². The molecule has 1 fully saturated rings. The SMILES string of the molecule is CNCC(C)S(=O)(=O)NCC1(N(C)C)CCC1. The van der Waals surface area contributed by atoms with Crippen LogP contribution in [0.4, 0.5) is 0 Å². The molecule has 0 amide bonds. The molecular weight excluding hydrogens is 238 g/mol. The molecule has 0 aromatic heterocycles. The van der Waals surface area contributed by atoms with Crippen molar-refractivity contribution >= 4 is 10.0 Å². The molecule has 0 aromatic rings. The van der Waals surface area contributed by atoms with E-state index in [2.05, 4.69) is 14.9 Å². The van der Waals surface area contributed by atoms with Crippen LogP contribution >= 0.6 is 0 Å². The highest BCUT2D eigenvalue weighted by Gasteiger charge is 2.40. The van der Waals surface area contributed by atoms with Gasteiger partial charge in [-0.15, -0.1) is 0 Å². The molecule has 1 unspecified atom stereocenters. The summed E-state index contributed by atoms with van der Waals surface area (Å²) in [5.74, 6) is 0. The average molecular weight is 263 g/mol. The van der Waals surface area contributed by atoms with Crippen molar-refractivity contribution in [3.8, 4) is 0 Å². The summed E-state index contributed by atoms with van der Waals surface area (Å²) in [6.07, 6.45) is 3.33. The molecule has 2 N–H and O–H groups in total. The fourth-order valence-electron chi connectivity index (χ4n) is 2.14. The van der Waals surface area contributed by atoms with Crippen LogP contribution in [-0.4, -0.2) is 58.3 Å². The maximum atomic E-state index is 12.0. The lowest BCUT2D eigenvalue weighted by atomic mass is 9.76. The van der Waals surface area contributed by atoms with Crippen molar-refractivity contribution in [2.24, 2.45) is 0 Å². The van der Waals surface area contributed by atoms with E-state index in [-0.39, 0.29) is 5.54 Å². The first kappa shape index (κ1) is 14.9. The lowest BCUT2D eigenvalue weighted by Gasteiger charge is -2.47. The van der Waals surface area contributed by atoms with E-state index in [1.165, 1.54) is 6.42 Å². The molecule has 5 nitrogen and oxygen atoms in total. The second-order valence-corrected chi connectivity index (χ2v) is 7.39. The fraction of sp³-hybridized carbons (Fsp3) is 1.00. The number of hydrogen-bond acceptors (Lipinski definition) is 4. The van der Waals surface area contributed by atoms with E-state index in [1.807, 2.05) is 14.1 Å². The van der Waals surface area contributed by atoms with E-state index in [4.69, 9.17) is 0 Å². The fourth-order valence-corrected chi connectivity index (χ4v) is 3.28. The Kier molecular flexibility index (Phi) is 4.95. The summed E-state index contributed by atoms with van der Waals surface area (Å²) in [5.41, 5.74) is 0.0342. The highest BCUT2D eigenvalue weighted by atomic mass is 32.2. The summed E-state index contributed by atoms with van der Waals surface area (Å²) in [6.45, 7) is 2.72. The van der Waals surface area contributed by atoms with E-state index in [9.17, 15) is 8.42 Å². The van der Waals surface area contributed by atoms with Gasteiger partial charge in [-0.25, -0.2) is 13.1 Å². The average Bonchev–Trinajstić information content (AvgIpc) is 2.15. The molecule has 0 spiro atoms. The summed E-state index contributed by atoms with van der Waals surface area (Å²) in [5, 5.41) is 2.50. The lowest BCUT2D eigenvalue weighted by molar-refractivity contribution is 0.0656. The number of sulfonamides is 1. The van der Waals surface area contributed by atoms with Crippen LogP contribution in [0.25, 0.3) is 0 Å². The molecule has 0 aliphatic heterocycles. The van der Waals surface area contributed by atoms with Gasteiger partial charge in [0, 0.05) is 18.6 Å². The van der Waals surface area contributed by atoms with Gasteiger partial charge >= 0.3 is 0 Å². The summed E-state index contributed by atoms with van der Waals surface area (Å²) in [6, 6.07) is 0. The first-order chi connectivity index (χ1) is 7.84. The number of likely N-dealkylation sites (N-methyl/N-ethyl adjacent to an activating group) is 1. The zero-order valence-electron chi connectivity index (χ0n) is 11.3. The van der Waals surface area contributed by atoms with E-state index >= 15 is 0 Å². The molecule has 6 heteroatoms. The number of nitrogens with one attached hydrogen (secondary N) is 2. The Morgan fingerprint density at radius 3 is 2.29 bits per heavy atom. The molecule has 0 heterocycles. The monoisotopic (exact) mass is 263 g/mol. The van der Waals surface area contributed by atoms with Crippen LogP contribution in [0, 0.1) is 0 Å². The topological polar surface area (TPSA) is 61.4 Å². The number of nitrogens with zero attached hydrogens (tertiary/aromatic N) is 1. The second kappa shape index (κ2) is 5.65. The second-order valence-electron chi connectivity index (χ2n) is 5.21. The van der Waals surface area contributed by atoms with Crippen LogP contribution in [0.5, 0.6) is 0 Å². The van der Waals surface area contributed by atoms with Crippen molar-refractivity contribution in [2.45, 2.75) is 37.0 Å². The lowest BCUT2D eigenvalue weighted by Crippen LogP contribution is -2.58. The van der Waals surface area contributed by atoms with Crippen molar-refractivity contribution < 1.29 is 8.42 Å². The van der Waals surface area contributed by atoms with Crippen molar-refractivity contribution in [2.75, 3.05) is 34.2 Å². The van der Waals surface area contributed by atoms with E-state index in [0.717, 1.165) is 12.8 Å². The van der Waals surface area contributed by atoms with Crippen LogP contribution in [-0.2, 0) is 10.0 Å². The molecule has 1 aliphatic carbocycles. The Morgan fingerprint density at radius 2 is 1.94 bits per heavy atom. The van der Waals surface area contributed by atoms with Gasteiger partial charge in [0.25, 0.3) is 0 Å². The summed E-state index contributed by atoms with van der Waals surface area (Å²) < 4.78 is 26.7. The van der Waals surface area contributed by atoms with Crippen molar-refractivity contribution in [3.05, 3.63) is 0 Å². The molecule has 1 atom stereocenters. The number of hydrogen-bond donors (Lipinski definition) is 2. The van der Waals surface area contributed by atoms with Gasteiger partial charge in [0.15, 0.2) is 0 Å². The zero-order chi connectivity index (χ0) is 13.1. The van der Waals surface area contributed by atoms with Crippen LogP contribution < -0.4 is 10.0 Å². The molecule has 17 heavy (non-hydrogen) atoms. The minimum absolute atomic E-state index is 0.0342.